The van der Waals surface area contributed by atoms with Gasteiger partial charge in [-0.25, -0.2) is 0 Å². The molecule has 0 radical (unpaired) electrons. The summed E-state index contributed by atoms with van der Waals surface area (Å²) in [7, 11) is 0. The van der Waals surface area contributed by atoms with Crippen molar-refractivity contribution in [2.24, 2.45) is 0 Å². The maximum Gasteiger partial charge on any atom is 0.292 e. The van der Waals surface area contributed by atoms with Crippen LogP contribution in [0.3, 0.4) is 0 Å². The minimum absolute atomic E-state index is 0.0295. The van der Waals surface area contributed by atoms with Crippen LogP contribution in [0, 0.1) is 6.92 Å². The first-order chi connectivity index (χ1) is 15.8. The van der Waals surface area contributed by atoms with Gasteiger partial charge in [-0.3, -0.25) is 9.48 Å². The van der Waals surface area contributed by atoms with E-state index in [0.29, 0.717) is 28.2 Å². The number of ether oxygens (including phenoxy) is 1. The molecule has 2 aromatic heterocycles. The number of hydrogen-bond acceptors (Lipinski definition) is 4. The Kier molecular flexibility index (Phi) is 7.20. The van der Waals surface area contributed by atoms with Gasteiger partial charge in [0.1, 0.15) is 12.4 Å². The van der Waals surface area contributed by atoms with Crippen LogP contribution in [-0.4, -0.2) is 15.7 Å². The third kappa shape index (κ3) is 5.84. The number of carbonyl (C=O) groups is 1. The van der Waals surface area contributed by atoms with Crippen molar-refractivity contribution in [2.45, 2.75) is 20.1 Å². The highest BCUT2D eigenvalue weighted by Gasteiger charge is 2.16. The van der Waals surface area contributed by atoms with Crippen LogP contribution in [0.15, 0.2) is 59.0 Å². The molecule has 4 rings (SSSR count). The van der Waals surface area contributed by atoms with Crippen LogP contribution in [0.5, 0.6) is 5.75 Å². The molecule has 0 bridgehead atoms. The number of rotatable bonds is 7. The number of amides is 1. The van der Waals surface area contributed by atoms with E-state index >= 15 is 0 Å². The van der Waals surface area contributed by atoms with Crippen molar-refractivity contribution < 1.29 is 13.9 Å². The number of anilines is 1. The molecule has 0 atom stereocenters. The molecule has 0 aliphatic heterocycles. The molecule has 0 unspecified atom stereocenters. The molecule has 6 nitrogen and oxygen atoms in total. The first-order valence-electron chi connectivity index (χ1n) is 9.75. The second-order valence-electron chi connectivity index (χ2n) is 7.17. The highest BCUT2D eigenvalue weighted by Crippen LogP contribution is 2.36. The maximum atomic E-state index is 12.6. The van der Waals surface area contributed by atoms with Gasteiger partial charge < -0.3 is 14.5 Å². The Labute approximate surface area is 210 Å². The minimum atomic E-state index is -0.434. The Hall–Kier alpha value is -2.64. The molecule has 0 spiro atoms. The second-order valence-corrected chi connectivity index (χ2v) is 8.85. The summed E-state index contributed by atoms with van der Waals surface area (Å²) in [5.74, 6) is 0.796. The van der Waals surface area contributed by atoms with E-state index in [2.05, 4.69) is 10.4 Å². The zero-order chi connectivity index (χ0) is 23.5. The third-order valence-corrected chi connectivity index (χ3v) is 5.67. The Morgan fingerprint density at radius 3 is 2.52 bits per heavy atom. The Morgan fingerprint density at radius 1 is 1.03 bits per heavy atom. The molecule has 1 amide bonds. The lowest BCUT2D eigenvalue weighted by atomic mass is 10.2. The normalized spacial score (nSPS) is 10.9. The van der Waals surface area contributed by atoms with Gasteiger partial charge in [-0.2, -0.15) is 5.10 Å². The summed E-state index contributed by atoms with van der Waals surface area (Å²) in [5.41, 5.74) is 1.89. The van der Waals surface area contributed by atoms with Crippen LogP contribution in [0.1, 0.15) is 27.6 Å². The van der Waals surface area contributed by atoms with Gasteiger partial charge >= 0.3 is 0 Å². The van der Waals surface area contributed by atoms with Crippen molar-refractivity contribution in [1.29, 1.82) is 0 Å². The average Bonchev–Trinajstić information content (AvgIpc) is 3.34. The quantitative estimate of drug-likeness (QED) is 0.276. The van der Waals surface area contributed by atoms with Crippen molar-refractivity contribution in [3.05, 3.63) is 97.5 Å². The largest absolute Gasteiger partial charge is 0.483 e. The fourth-order valence-corrected chi connectivity index (χ4v) is 4.24. The topological polar surface area (TPSA) is 69.3 Å². The van der Waals surface area contributed by atoms with Gasteiger partial charge in [-0.05, 0) is 48.9 Å². The van der Waals surface area contributed by atoms with Crippen molar-refractivity contribution in [3.63, 3.8) is 0 Å². The van der Waals surface area contributed by atoms with Crippen molar-refractivity contribution in [2.75, 3.05) is 5.32 Å². The predicted octanol–water partition coefficient (Wildman–Crippen LogP) is 7.28. The van der Waals surface area contributed by atoms with E-state index in [1.54, 1.807) is 22.9 Å². The number of nitrogens with zero attached hydrogens (tertiary/aromatic N) is 2. The van der Waals surface area contributed by atoms with Crippen LogP contribution in [-0.2, 0) is 13.2 Å². The van der Waals surface area contributed by atoms with E-state index in [9.17, 15) is 4.79 Å². The van der Waals surface area contributed by atoms with Crippen LogP contribution >= 0.6 is 46.4 Å². The van der Waals surface area contributed by atoms with E-state index in [4.69, 9.17) is 55.6 Å². The summed E-state index contributed by atoms with van der Waals surface area (Å²) >= 11 is 24.2. The molecule has 0 aliphatic carbocycles. The van der Waals surface area contributed by atoms with Gasteiger partial charge in [0, 0.05) is 21.8 Å². The molecule has 170 valence electrons. The molecule has 0 saturated heterocycles. The fraction of sp³-hybridized carbons (Fsp3) is 0.130. The predicted molar refractivity (Wildman–Crippen MR) is 130 cm³/mol. The lowest BCUT2D eigenvalue weighted by Gasteiger charge is -2.09. The van der Waals surface area contributed by atoms with Gasteiger partial charge in [-0.1, -0.05) is 58.5 Å². The van der Waals surface area contributed by atoms with Crippen LogP contribution in [0.25, 0.3) is 0 Å². The van der Waals surface area contributed by atoms with E-state index in [1.807, 2.05) is 31.2 Å². The molecular weight excluding hydrogens is 508 g/mol. The fourth-order valence-electron chi connectivity index (χ4n) is 3.11. The second kappa shape index (κ2) is 10.1. The van der Waals surface area contributed by atoms with Crippen LogP contribution in [0.4, 0.5) is 5.82 Å². The summed E-state index contributed by atoms with van der Waals surface area (Å²) in [4.78, 5) is 12.6. The zero-order valence-corrected chi connectivity index (χ0v) is 20.3. The van der Waals surface area contributed by atoms with Crippen molar-refractivity contribution in [3.8, 4) is 5.75 Å². The SMILES string of the molecule is Cc1cc(NC(=O)c2ccc(COc3c(Cl)cc(Cl)cc3Cl)o2)nn1Cc1cccc(Cl)c1. The number of halogens is 4. The Balaban J connectivity index is 1.39. The van der Waals surface area contributed by atoms with E-state index in [1.165, 1.54) is 12.1 Å². The molecule has 0 fully saturated rings. The van der Waals surface area contributed by atoms with Gasteiger partial charge in [0.05, 0.1) is 16.6 Å². The number of hydrogen-bond donors (Lipinski definition) is 1. The molecule has 4 aromatic rings. The standard InChI is InChI=1S/C23H17Cl4N3O3/c1-13-7-21(29-30(13)11-14-3-2-4-15(24)8-14)28-23(31)20-6-5-17(33-20)12-32-22-18(26)9-16(25)10-19(22)27/h2-10H,11-12H2,1H3,(H,28,29,31). The summed E-state index contributed by atoms with van der Waals surface area (Å²) in [6.07, 6.45) is 0. The Morgan fingerprint density at radius 2 is 1.79 bits per heavy atom. The Bertz CT molecular complexity index is 1290. The van der Waals surface area contributed by atoms with Crippen LogP contribution < -0.4 is 10.1 Å². The van der Waals surface area contributed by atoms with Gasteiger partial charge in [0.2, 0.25) is 0 Å². The number of benzene rings is 2. The maximum absolute atomic E-state index is 12.6. The van der Waals surface area contributed by atoms with Gasteiger partial charge in [-0.15, -0.1) is 0 Å². The van der Waals surface area contributed by atoms with Crippen molar-refractivity contribution >= 4 is 58.1 Å². The third-order valence-electron chi connectivity index (χ3n) is 4.65. The number of carbonyl (C=O) groups excluding carboxylic acids is 1. The van der Waals surface area contributed by atoms with E-state index in [-0.39, 0.29) is 28.2 Å². The highest BCUT2D eigenvalue weighted by atomic mass is 35.5. The van der Waals surface area contributed by atoms with Crippen molar-refractivity contribution in [1.82, 2.24) is 9.78 Å². The van der Waals surface area contributed by atoms with E-state index < -0.39 is 5.91 Å². The molecule has 2 heterocycles. The summed E-state index contributed by atoms with van der Waals surface area (Å²) in [6.45, 7) is 2.46. The number of furan rings is 1. The summed E-state index contributed by atoms with van der Waals surface area (Å²) in [5, 5.41) is 8.80. The smallest absolute Gasteiger partial charge is 0.292 e. The summed E-state index contributed by atoms with van der Waals surface area (Å²) in [6, 6.07) is 15.5. The lowest BCUT2D eigenvalue weighted by molar-refractivity contribution is 0.0992. The minimum Gasteiger partial charge on any atom is -0.483 e. The first kappa shape index (κ1) is 23.5. The highest BCUT2D eigenvalue weighted by molar-refractivity contribution is 6.40. The molecule has 10 heteroatoms. The van der Waals surface area contributed by atoms with Gasteiger partial charge in [0.25, 0.3) is 5.91 Å². The number of aromatic nitrogens is 2. The lowest BCUT2D eigenvalue weighted by Crippen LogP contribution is -2.12. The molecule has 1 N–H and O–H groups in total. The molecule has 0 saturated carbocycles. The van der Waals surface area contributed by atoms with Gasteiger partial charge in [0.15, 0.2) is 17.3 Å². The average molecular weight is 525 g/mol. The molecular formula is C23H17Cl4N3O3. The monoisotopic (exact) mass is 523 g/mol. The molecule has 0 aliphatic rings. The van der Waals surface area contributed by atoms with E-state index in [0.717, 1.165) is 11.3 Å². The van der Waals surface area contributed by atoms with Crippen LogP contribution in [0.2, 0.25) is 20.1 Å². The number of aryl methyl sites for hydroxylation is 1. The zero-order valence-electron chi connectivity index (χ0n) is 17.2. The molecule has 2 aromatic carbocycles. The summed E-state index contributed by atoms with van der Waals surface area (Å²) < 4.78 is 13.0. The molecule has 33 heavy (non-hydrogen) atoms. The first-order valence-corrected chi connectivity index (χ1v) is 11.3. The number of nitrogens with one attached hydrogen (secondary N) is 1.